The Kier molecular flexibility index (Phi) is 5.27. The Morgan fingerprint density at radius 3 is 1.79 bits per heavy atom. The molecule has 0 bridgehead atoms. The van der Waals surface area contributed by atoms with E-state index in [0.29, 0.717) is 17.8 Å². The van der Waals surface area contributed by atoms with Gasteiger partial charge >= 0.3 is 6.18 Å². The lowest BCUT2D eigenvalue weighted by Gasteiger charge is -2.25. The molecule has 0 fully saturated rings. The number of halogens is 3. The first-order valence-electron chi connectivity index (χ1n) is 6.63. The molecule has 1 aromatic carbocycles. The number of nitrogens with one attached hydrogen (secondary N) is 1. The molecular formula is C15H22F3N. The highest BCUT2D eigenvalue weighted by Gasteiger charge is 2.29. The van der Waals surface area contributed by atoms with Crippen LogP contribution in [0.1, 0.15) is 33.3 Å². The van der Waals surface area contributed by atoms with Gasteiger partial charge in [0.1, 0.15) is 0 Å². The van der Waals surface area contributed by atoms with Crippen molar-refractivity contribution < 1.29 is 13.2 Å². The molecule has 19 heavy (non-hydrogen) atoms. The first-order chi connectivity index (χ1) is 8.71. The second-order valence-electron chi connectivity index (χ2n) is 5.61. The minimum Gasteiger partial charge on any atom is -0.385 e. The van der Waals surface area contributed by atoms with Gasteiger partial charge in [-0.3, -0.25) is 0 Å². The van der Waals surface area contributed by atoms with E-state index in [1.807, 2.05) is 0 Å². The van der Waals surface area contributed by atoms with Crippen molar-refractivity contribution in [2.24, 2.45) is 17.8 Å². The molecule has 108 valence electrons. The summed E-state index contributed by atoms with van der Waals surface area (Å²) in [5, 5.41) is 3.22. The fourth-order valence-corrected chi connectivity index (χ4v) is 2.25. The molecule has 0 aliphatic rings. The highest BCUT2D eigenvalue weighted by atomic mass is 19.4. The number of rotatable bonds is 5. The molecule has 0 aliphatic carbocycles. The number of alkyl halides is 3. The number of benzene rings is 1. The Labute approximate surface area is 113 Å². The summed E-state index contributed by atoms with van der Waals surface area (Å²) in [6.07, 6.45) is -4.27. The Balaban J connectivity index is 2.63. The molecule has 0 spiro atoms. The molecule has 0 saturated heterocycles. The summed E-state index contributed by atoms with van der Waals surface area (Å²) in [5.74, 6) is 1.59. The molecule has 0 unspecified atom stereocenters. The fraction of sp³-hybridized carbons (Fsp3) is 0.600. The maximum atomic E-state index is 12.4. The van der Waals surface area contributed by atoms with Crippen molar-refractivity contribution in [2.45, 2.75) is 33.9 Å². The van der Waals surface area contributed by atoms with Crippen LogP contribution in [0.5, 0.6) is 0 Å². The maximum absolute atomic E-state index is 12.4. The lowest BCUT2D eigenvalue weighted by molar-refractivity contribution is -0.137. The molecule has 0 aliphatic heterocycles. The molecule has 1 aromatic rings. The number of anilines is 1. The predicted octanol–water partition coefficient (Wildman–Crippen LogP) is 5.05. The zero-order chi connectivity index (χ0) is 14.6. The lowest BCUT2D eigenvalue weighted by atomic mass is 9.85. The molecule has 0 saturated carbocycles. The predicted molar refractivity (Wildman–Crippen MR) is 73.1 cm³/mol. The minimum atomic E-state index is -4.27. The van der Waals surface area contributed by atoms with Crippen molar-refractivity contribution >= 4 is 5.69 Å². The van der Waals surface area contributed by atoms with Crippen LogP contribution in [0.25, 0.3) is 0 Å². The van der Waals surface area contributed by atoms with Crippen LogP contribution in [0.2, 0.25) is 0 Å². The zero-order valence-corrected chi connectivity index (χ0v) is 11.9. The summed E-state index contributed by atoms with van der Waals surface area (Å²) >= 11 is 0. The summed E-state index contributed by atoms with van der Waals surface area (Å²) in [6.45, 7) is 9.44. The molecule has 0 atom stereocenters. The molecule has 0 radical (unpaired) electrons. The van der Waals surface area contributed by atoms with Crippen molar-refractivity contribution in [3.05, 3.63) is 29.8 Å². The largest absolute Gasteiger partial charge is 0.416 e. The summed E-state index contributed by atoms with van der Waals surface area (Å²) in [4.78, 5) is 0. The molecular weight excluding hydrogens is 251 g/mol. The standard InChI is InChI=1S/C15H22F3N/c1-10(2)14(11(3)4)9-19-13-7-5-12(6-8-13)15(16,17)18/h5-8,10-11,14,19H,9H2,1-4H3. The van der Waals surface area contributed by atoms with Gasteiger partial charge in [0.2, 0.25) is 0 Å². The van der Waals surface area contributed by atoms with E-state index in [0.717, 1.165) is 24.4 Å². The van der Waals surface area contributed by atoms with Gasteiger partial charge < -0.3 is 5.32 Å². The quantitative estimate of drug-likeness (QED) is 0.792. The molecule has 1 N–H and O–H groups in total. The third-order valence-electron chi connectivity index (χ3n) is 3.47. The van der Waals surface area contributed by atoms with Crippen molar-refractivity contribution in [1.82, 2.24) is 0 Å². The van der Waals surface area contributed by atoms with E-state index in [1.54, 1.807) is 0 Å². The van der Waals surface area contributed by atoms with E-state index in [-0.39, 0.29) is 0 Å². The number of hydrogen-bond donors (Lipinski definition) is 1. The minimum absolute atomic E-state index is 0.502. The molecule has 0 aromatic heterocycles. The monoisotopic (exact) mass is 273 g/mol. The molecule has 4 heteroatoms. The molecule has 0 heterocycles. The summed E-state index contributed by atoms with van der Waals surface area (Å²) in [5.41, 5.74) is 0.126. The van der Waals surface area contributed by atoms with E-state index in [1.165, 1.54) is 12.1 Å². The molecule has 1 nitrogen and oxygen atoms in total. The smallest absolute Gasteiger partial charge is 0.385 e. The van der Waals surface area contributed by atoms with Crippen LogP contribution >= 0.6 is 0 Å². The summed E-state index contributed by atoms with van der Waals surface area (Å²) in [6, 6.07) is 5.20. The van der Waals surface area contributed by atoms with Gasteiger partial charge in [-0.1, -0.05) is 27.7 Å². The van der Waals surface area contributed by atoms with Crippen LogP contribution in [-0.4, -0.2) is 6.54 Å². The first kappa shape index (κ1) is 15.9. The van der Waals surface area contributed by atoms with Crippen LogP contribution in [0.15, 0.2) is 24.3 Å². The van der Waals surface area contributed by atoms with E-state index in [4.69, 9.17) is 0 Å². The highest BCUT2D eigenvalue weighted by Crippen LogP contribution is 2.30. The van der Waals surface area contributed by atoms with Crippen LogP contribution in [0.3, 0.4) is 0 Å². The van der Waals surface area contributed by atoms with Gasteiger partial charge in [0.25, 0.3) is 0 Å². The van der Waals surface area contributed by atoms with Crippen molar-refractivity contribution in [3.8, 4) is 0 Å². The van der Waals surface area contributed by atoms with E-state index in [2.05, 4.69) is 33.0 Å². The summed E-state index contributed by atoms with van der Waals surface area (Å²) < 4.78 is 37.3. The third kappa shape index (κ3) is 4.77. The van der Waals surface area contributed by atoms with E-state index >= 15 is 0 Å². The first-order valence-corrected chi connectivity index (χ1v) is 6.63. The topological polar surface area (TPSA) is 12.0 Å². The zero-order valence-electron chi connectivity index (χ0n) is 11.9. The van der Waals surface area contributed by atoms with E-state index in [9.17, 15) is 13.2 Å². The SMILES string of the molecule is CC(C)C(CNc1ccc(C(F)(F)F)cc1)C(C)C. The second kappa shape index (κ2) is 6.31. The van der Waals surface area contributed by atoms with Crippen molar-refractivity contribution in [2.75, 3.05) is 11.9 Å². The van der Waals surface area contributed by atoms with Crippen LogP contribution in [0.4, 0.5) is 18.9 Å². The molecule has 1 rings (SSSR count). The average molecular weight is 273 g/mol. The van der Waals surface area contributed by atoms with Gasteiger partial charge in [-0.2, -0.15) is 13.2 Å². The Morgan fingerprint density at radius 2 is 1.42 bits per heavy atom. The van der Waals surface area contributed by atoms with Crippen LogP contribution < -0.4 is 5.32 Å². The fourth-order valence-electron chi connectivity index (χ4n) is 2.25. The average Bonchev–Trinajstić information content (AvgIpc) is 2.27. The van der Waals surface area contributed by atoms with Crippen molar-refractivity contribution in [1.29, 1.82) is 0 Å². The van der Waals surface area contributed by atoms with Gasteiger partial charge in [-0.25, -0.2) is 0 Å². The molecule has 0 amide bonds. The third-order valence-corrected chi connectivity index (χ3v) is 3.47. The Bertz CT molecular complexity index is 371. The summed E-state index contributed by atoms with van der Waals surface area (Å²) in [7, 11) is 0. The van der Waals surface area contributed by atoms with Crippen LogP contribution in [0, 0.1) is 17.8 Å². The van der Waals surface area contributed by atoms with Gasteiger partial charge in [-0.15, -0.1) is 0 Å². The second-order valence-corrected chi connectivity index (χ2v) is 5.61. The normalized spacial score (nSPS) is 12.5. The van der Waals surface area contributed by atoms with Gasteiger partial charge in [0.15, 0.2) is 0 Å². The van der Waals surface area contributed by atoms with Gasteiger partial charge in [0.05, 0.1) is 5.56 Å². The van der Waals surface area contributed by atoms with Crippen LogP contribution in [-0.2, 0) is 6.18 Å². The van der Waals surface area contributed by atoms with Crippen molar-refractivity contribution in [3.63, 3.8) is 0 Å². The highest BCUT2D eigenvalue weighted by molar-refractivity contribution is 5.45. The van der Waals surface area contributed by atoms with Gasteiger partial charge in [0, 0.05) is 12.2 Å². The maximum Gasteiger partial charge on any atom is 0.416 e. The Morgan fingerprint density at radius 1 is 0.947 bits per heavy atom. The van der Waals surface area contributed by atoms with Gasteiger partial charge in [-0.05, 0) is 42.0 Å². The lowest BCUT2D eigenvalue weighted by Crippen LogP contribution is -2.24. The number of hydrogen-bond acceptors (Lipinski definition) is 1. The Hall–Kier alpha value is -1.19. The van der Waals surface area contributed by atoms with E-state index < -0.39 is 11.7 Å².